The number of hydrogen-bond donors (Lipinski definition) is 0. The van der Waals surface area contributed by atoms with Crippen LogP contribution in [0.15, 0.2) is 64.5 Å². The molecule has 5 rings (SSSR count). The number of hydrogen-bond acceptors (Lipinski definition) is 1. The summed E-state index contributed by atoms with van der Waals surface area (Å²) < 4.78 is 1.25. The lowest BCUT2D eigenvalue weighted by Gasteiger charge is -2.36. The fraction of sp³-hybridized carbons (Fsp3) is 0.500. The first-order valence-electron chi connectivity index (χ1n) is 15.4. The molecular weight excluding hydrogens is 544 g/mol. The van der Waals surface area contributed by atoms with E-state index < -0.39 is 0 Å². The molecule has 0 saturated heterocycles. The molecule has 4 aromatic rings. The van der Waals surface area contributed by atoms with Crippen LogP contribution in [-0.4, -0.2) is 0 Å². The summed E-state index contributed by atoms with van der Waals surface area (Å²) in [7, 11) is 0. The van der Waals surface area contributed by atoms with Crippen molar-refractivity contribution < 1.29 is 0 Å². The summed E-state index contributed by atoms with van der Waals surface area (Å²) in [6.45, 7) is 4.65. The van der Waals surface area contributed by atoms with Gasteiger partial charge in [0, 0.05) is 10.8 Å². The maximum atomic E-state index is 3.79. The van der Waals surface area contributed by atoms with Gasteiger partial charge in [-0.2, -0.15) is 0 Å². The topological polar surface area (TPSA) is 0 Å². The van der Waals surface area contributed by atoms with Crippen molar-refractivity contribution in [1.82, 2.24) is 0 Å². The molecule has 0 nitrogen and oxygen atoms in total. The molecule has 0 amide bonds. The first kappa shape index (κ1) is 27.9. The molecule has 0 bridgehead atoms. The second-order valence-corrected chi connectivity index (χ2v) is 14.2. The van der Waals surface area contributed by atoms with E-state index in [1.807, 2.05) is 11.3 Å². The van der Waals surface area contributed by atoms with Crippen molar-refractivity contribution in [1.29, 1.82) is 0 Å². The zero-order valence-corrected chi connectivity index (χ0v) is 25.9. The Morgan fingerprint density at radius 1 is 0.658 bits per heavy atom. The Morgan fingerprint density at radius 2 is 1.24 bits per heavy atom. The lowest BCUT2D eigenvalue weighted by Crippen LogP contribution is -2.20. The quantitative estimate of drug-likeness (QED) is 0.0956. The van der Waals surface area contributed by atoms with E-state index in [0.717, 1.165) is 5.92 Å². The predicted octanol–water partition coefficient (Wildman–Crippen LogP) is 12.8. The third-order valence-corrected chi connectivity index (χ3v) is 10.7. The van der Waals surface area contributed by atoms with Gasteiger partial charge >= 0.3 is 0 Å². The number of unbranched alkanes of at least 4 members (excludes halogenated alkanes) is 8. The van der Waals surface area contributed by atoms with E-state index in [1.165, 1.54) is 114 Å². The minimum atomic E-state index is 0.443. The Morgan fingerprint density at radius 3 is 1.87 bits per heavy atom. The van der Waals surface area contributed by atoms with Gasteiger partial charge in [-0.15, -0.1) is 11.3 Å². The Bertz CT molecular complexity index is 1320. The van der Waals surface area contributed by atoms with Gasteiger partial charge in [0.2, 0.25) is 0 Å². The molecule has 2 heteroatoms. The van der Waals surface area contributed by atoms with Crippen molar-refractivity contribution in [2.75, 3.05) is 0 Å². The summed E-state index contributed by atoms with van der Waals surface area (Å²) in [6.07, 6.45) is 18.0. The standard InChI is InChI=1S/C36H45BrS/c1-3-5-7-9-10-12-16-26(15-11-8-6-4-2)25-31-29-19-13-17-27-21-22-28-18-14-20-30(35(28)34(27)29)36(31)32-23-24-33(37)38-32/h13-14,17-24,26,31,36H,3-12,15-16,25H2,1-2H3. The monoisotopic (exact) mass is 588 g/mol. The number of thiophene rings is 1. The SMILES string of the molecule is CCCCCCCCC(CCCCCC)CC1c2cccc3ccc4cccc(c4c23)C1c1ccc(Br)s1. The van der Waals surface area contributed by atoms with Gasteiger partial charge in [-0.05, 0) is 79.0 Å². The van der Waals surface area contributed by atoms with Gasteiger partial charge in [-0.1, -0.05) is 139 Å². The predicted molar refractivity (Wildman–Crippen MR) is 173 cm³/mol. The highest BCUT2D eigenvalue weighted by atomic mass is 79.9. The van der Waals surface area contributed by atoms with Gasteiger partial charge < -0.3 is 0 Å². The Labute approximate surface area is 243 Å². The van der Waals surface area contributed by atoms with Gasteiger partial charge in [0.1, 0.15) is 0 Å². The fourth-order valence-electron chi connectivity index (χ4n) is 7.10. The summed E-state index contributed by atoms with van der Waals surface area (Å²) >= 11 is 5.74. The summed E-state index contributed by atoms with van der Waals surface area (Å²) in [4.78, 5) is 1.52. The van der Waals surface area contributed by atoms with Crippen molar-refractivity contribution >= 4 is 48.8 Å². The second-order valence-electron chi connectivity index (χ2n) is 11.7. The highest BCUT2D eigenvalue weighted by Gasteiger charge is 2.35. The minimum absolute atomic E-state index is 0.443. The molecular formula is C36H45BrS. The molecule has 202 valence electrons. The molecule has 0 aliphatic heterocycles. The van der Waals surface area contributed by atoms with Crippen molar-refractivity contribution in [2.24, 2.45) is 5.92 Å². The molecule has 38 heavy (non-hydrogen) atoms. The normalized spacial score (nSPS) is 17.6. The molecule has 0 spiro atoms. The van der Waals surface area contributed by atoms with Gasteiger partial charge in [0.25, 0.3) is 0 Å². The molecule has 0 radical (unpaired) electrons. The summed E-state index contributed by atoms with van der Waals surface area (Å²) in [5.41, 5.74) is 3.15. The zero-order valence-electron chi connectivity index (χ0n) is 23.5. The third kappa shape index (κ3) is 6.23. The highest BCUT2D eigenvalue weighted by Crippen LogP contribution is 2.54. The Hall–Kier alpha value is -1.64. The van der Waals surface area contributed by atoms with Crippen LogP contribution in [0.4, 0.5) is 0 Å². The molecule has 0 fully saturated rings. The number of benzene rings is 3. The molecule has 3 unspecified atom stereocenters. The van der Waals surface area contributed by atoms with Gasteiger partial charge in [0.15, 0.2) is 0 Å². The average Bonchev–Trinajstić information content (AvgIpc) is 3.37. The van der Waals surface area contributed by atoms with Crippen LogP contribution in [0.5, 0.6) is 0 Å². The van der Waals surface area contributed by atoms with Crippen LogP contribution in [0.2, 0.25) is 0 Å². The molecule has 1 heterocycles. The molecule has 1 aromatic heterocycles. The van der Waals surface area contributed by atoms with E-state index in [-0.39, 0.29) is 0 Å². The van der Waals surface area contributed by atoms with Crippen LogP contribution in [0.25, 0.3) is 21.5 Å². The van der Waals surface area contributed by atoms with Gasteiger partial charge in [-0.3, -0.25) is 0 Å². The zero-order chi connectivity index (χ0) is 26.3. The van der Waals surface area contributed by atoms with Crippen molar-refractivity contribution in [3.8, 4) is 0 Å². The van der Waals surface area contributed by atoms with E-state index in [1.54, 1.807) is 11.1 Å². The summed E-state index contributed by atoms with van der Waals surface area (Å²) in [6, 6.07) is 23.5. The van der Waals surface area contributed by atoms with Crippen molar-refractivity contribution in [3.05, 3.63) is 80.5 Å². The largest absolute Gasteiger partial charge is 0.133 e. The molecule has 3 aromatic carbocycles. The van der Waals surface area contributed by atoms with Crippen LogP contribution >= 0.6 is 27.3 Å². The first-order chi connectivity index (χ1) is 18.7. The maximum absolute atomic E-state index is 3.79. The second kappa shape index (κ2) is 13.6. The van der Waals surface area contributed by atoms with Gasteiger partial charge in [0.05, 0.1) is 3.79 Å². The molecule has 0 saturated carbocycles. The Balaban J connectivity index is 1.49. The van der Waals surface area contributed by atoms with E-state index in [2.05, 4.69) is 90.4 Å². The summed E-state index contributed by atoms with van der Waals surface area (Å²) in [5.74, 6) is 1.80. The lowest BCUT2D eigenvalue weighted by molar-refractivity contribution is 0.344. The highest BCUT2D eigenvalue weighted by molar-refractivity contribution is 9.11. The Kier molecular flexibility index (Phi) is 10.0. The maximum Gasteiger partial charge on any atom is 0.0701 e. The van der Waals surface area contributed by atoms with Crippen LogP contribution in [0, 0.1) is 5.92 Å². The van der Waals surface area contributed by atoms with Crippen molar-refractivity contribution in [3.63, 3.8) is 0 Å². The van der Waals surface area contributed by atoms with Crippen LogP contribution < -0.4 is 0 Å². The van der Waals surface area contributed by atoms with Crippen LogP contribution in [0.3, 0.4) is 0 Å². The molecule has 0 N–H and O–H groups in total. The number of rotatable bonds is 15. The average molecular weight is 590 g/mol. The van der Waals surface area contributed by atoms with E-state index >= 15 is 0 Å². The third-order valence-electron chi connectivity index (χ3n) is 9.01. The number of halogens is 1. The van der Waals surface area contributed by atoms with Crippen LogP contribution in [0.1, 0.15) is 125 Å². The molecule has 1 aliphatic carbocycles. The van der Waals surface area contributed by atoms with E-state index in [0.29, 0.717) is 11.8 Å². The first-order valence-corrected chi connectivity index (χ1v) is 17.0. The van der Waals surface area contributed by atoms with Gasteiger partial charge in [-0.25, -0.2) is 0 Å². The van der Waals surface area contributed by atoms with Crippen LogP contribution in [-0.2, 0) is 0 Å². The van der Waals surface area contributed by atoms with E-state index in [4.69, 9.17) is 0 Å². The fourth-order valence-corrected chi connectivity index (χ4v) is 8.71. The smallest absolute Gasteiger partial charge is 0.0701 e. The minimum Gasteiger partial charge on any atom is -0.133 e. The summed E-state index contributed by atoms with van der Waals surface area (Å²) in [5, 5.41) is 5.84. The lowest BCUT2D eigenvalue weighted by atomic mass is 9.68. The molecule has 1 aliphatic rings. The molecule has 3 atom stereocenters. The van der Waals surface area contributed by atoms with E-state index in [9.17, 15) is 0 Å². The van der Waals surface area contributed by atoms with Crippen molar-refractivity contribution in [2.45, 2.75) is 109 Å².